The van der Waals surface area contributed by atoms with Gasteiger partial charge in [0.1, 0.15) is 0 Å². The molecule has 0 spiro atoms. The number of aryl methyl sites for hydroxylation is 2. The largest absolute Gasteiger partial charge is 0.478 e. The Balaban J connectivity index is 0.000000182. The van der Waals surface area contributed by atoms with Gasteiger partial charge in [-0.3, -0.25) is 4.98 Å². The van der Waals surface area contributed by atoms with Gasteiger partial charge in [-0.1, -0.05) is 49.4 Å². The van der Waals surface area contributed by atoms with Gasteiger partial charge in [0.25, 0.3) is 0 Å². The molecular weight excluding hydrogens is 428 g/mol. The number of hydrogen-bond donors (Lipinski definition) is 2. The van der Waals surface area contributed by atoms with Gasteiger partial charge in [-0.15, -0.1) is 0 Å². The summed E-state index contributed by atoms with van der Waals surface area (Å²) in [4.78, 5) is 28.2. The number of fused-ring (bicyclic) bond motifs is 3. The smallest absolute Gasteiger partial charge is 0.335 e. The van der Waals surface area contributed by atoms with Crippen molar-refractivity contribution in [3.8, 4) is 0 Å². The molecule has 34 heavy (non-hydrogen) atoms. The Morgan fingerprint density at radius 3 is 2.44 bits per heavy atom. The molecule has 172 valence electrons. The van der Waals surface area contributed by atoms with Crippen molar-refractivity contribution in [1.82, 2.24) is 4.98 Å². The summed E-state index contributed by atoms with van der Waals surface area (Å²) in [6, 6.07) is 21.2. The number of carboxylic acid groups (broad SMARTS) is 2. The van der Waals surface area contributed by atoms with Gasteiger partial charge in [-0.2, -0.15) is 0 Å². The topological polar surface area (TPSA) is 90.7 Å². The second-order valence-electron chi connectivity index (χ2n) is 8.17. The molecule has 0 bridgehead atoms. The Morgan fingerprint density at radius 1 is 0.971 bits per heavy atom. The summed E-state index contributed by atoms with van der Waals surface area (Å²) < 4.78 is 0. The molecule has 1 aromatic heterocycles. The molecule has 0 saturated heterocycles. The number of hydrogen-bond acceptors (Lipinski definition) is 4. The number of para-hydroxylation sites is 2. The number of anilines is 2. The lowest BCUT2D eigenvalue weighted by atomic mass is 10.1. The summed E-state index contributed by atoms with van der Waals surface area (Å²) in [5, 5.41) is 18.5. The van der Waals surface area contributed by atoms with Crippen LogP contribution in [0.4, 0.5) is 11.4 Å². The molecule has 1 aliphatic heterocycles. The van der Waals surface area contributed by atoms with Crippen molar-refractivity contribution in [3.63, 3.8) is 0 Å². The molecule has 0 saturated carbocycles. The first-order valence-electron chi connectivity index (χ1n) is 11.2. The number of pyridine rings is 1. The van der Waals surface area contributed by atoms with E-state index >= 15 is 0 Å². The second-order valence-corrected chi connectivity index (χ2v) is 8.17. The van der Waals surface area contributed by atoms with E-state index in [0.29, 0.717) is 5.56 Å². The molecule has 3 aromatic carbocycles. The molecule has 0 fully saturated rings. The normalized spacial score (nSPS) is 12.1. The van der Waals surface area contributed by atoms with Crippen molar-refractivity contribution >= 4 is 34.2 Å². The molecule has 0 unspecified atom stereocenters. The standard InChI is InChI=1S/C19H18N2.C9H8O4/c1-2-14-7-3-6-10-18(14)21-12-11-15-13-20-17-9-5-4-8-16(17)19(15)21;1-5-2-3-6(8(10)11)4-7(5)9(12)13/h3-10,13H,2,11-12H2,1H3;2-4H,1H3,(H,10,11)(H,12,13). The van der Waals surface area contributed by atoms with Gasteiger partial charge in [-0.25, -0.2) is 9.59 Å². The lowest BCUT2D eigenvalue weighted by Gasteiger charge is -2.23. The minimum absolute atomic E-state index is 0.0111. The lowest BCUT2D eigenvalue weighted by molar-refractivity contribution is 0.0695. The Morgan fingerprint density at radius 2 is 1.71 bits per heavy atom. The fourth-order valence-corrected chi connectivity index (χ4v) is 4.31. The summed E-state index contributed by atoms with van der Waals surface area (Å²) in [5.41, 5.74) is 7.11. The summed E-state index contributed by atoms with van der Waals surface area (Å²) in [5.74, 6) is -2.23. The molecule has 0 amide bonds. The van der Waals surface area contributed by atoms with Gasteiger partial charge in [0.05, 0.1) is 22.3 Å². The van der Waals surface area contributed by atoms with E-state index in [2.05, 4.69) is 65.3 Å². The van der Waals surface area contributed by atoms with Crippen LogP contribution in [0.1, 0.15) is 44.3 Å². The van der Waals surface area contributed by atoms with Gasteiger partial charge in [0.15, 0.2) is 0 Å². The zero-order valence-electron chi connectivity index (χ0n) is 19.2. The highest BCUT2D eigenvalue weighted by molar-refractivity contribution is 5.97. The number of aromatic nitrogens is 1. The molecule has 2 heterocycles. The van der Waals surface area contributed by atoms with Gasteiger partial charge >= 0.3 is 11.9 Å². The first kappa shape index (κ1) is 23.0. The predicted octanol–water partition coefficient (Wildman–Crippen LogP) is 5.88. The van der Waals surface area contributed by atoms with Gasteiger partial charge in [-0.05, 0) is 60.7 Å². The van der Waals surface area contributed by atoms with Crippen LogP contribution in [0.3, 0.4) is 0 Å². The monoisotopic (exact) mass is 454 g/mol. The van der Waals surface area contributed by atoms with Crippen molar-refractivity contribution in [2.24, 2.45) is 0 Å². The fraction of sp³-hybridized carbons (Fsp3) is 0.179. The average Bonchev–Trinajstić information content (AvgIpc) is 3.29. The summed E-state index contributed by atoms with van der Waals surface area (Å²) >= 11 is 0. The highest BCUT2D eigenvalue weighted by atomic mass is 16.4. The molecule has 6 heteroatoms. The van der Waals surface area contributed by atoms with Crippen molar-refractivity contribution < 1.29 is 19.8 Å². The van der Waals surface area contributed by atoms with E-state index in [1.54, 1.807) is 6.92 Å². The number of benzene rings is 3. The summed E-state index contributed by atoms with van der Waals surface area (Å²) in [6.45, 7) is 4.89. The van der Waals surface area contributed by atoms with Crippen LogP contribution < -0.4 is 4.90 Å². The molecule has 0 atom stereocenters. The summed E-state index contributed by atoms with van der Waals surface area (Å²) in [7, 11) is 0. The van der Waals surface area contributed by atoms with E-state index in [1.165, 1.54) is 40.0 Å². The first-order valence-corrected chi connectivity index (χ1v) is 11.2. The summed E-state index contributed by atoms with van der Waals surface area (Å²) in [6.07, 6.45) is 4.18. The van der Waals surface area contributed by atoms with E-state index in [1.807, 2.05) is 6.20 Å². The molecule has 0 radical (unpaired) electrons. The predicted molar refractivity (Wildman–Crippen MR) is 133 cm³/mol. The maximum Gasteiger partial charge on any atom is 0.335 e. The molecule has 6 nitrogen and oxygen atoms in total. The Hall–Kier alpha value is -4.19. The number of nitrogens with zero attached hydrogens (tertiary/aromatic N) is 2. The molecule has 0 aliphatic carbocycles. The van der Waals surface area contributed by atoms with Crippen LogP contribution in [0.2, 0.25) is 0 Å². The molecule has 1 aliphatic rings. The molecule has 2 N–H and O–H groups in total. The number of rotatable bonds is 4. The second kappa shape index (κ2) is 9.75. The molecular formula is C28H26N2O4. The highest BCUT2D eigenvalue weighted by Crippen LogP contribution is 2.40. The minimum Gasteiger partial charge on any atom is -0.478 e. The minimum atomic E-state index is -1.12. The van der Waals surface area contributed by atoms with Crippen molar-refractivity contribution in [2.45, 2.75) is 26.7 Å². The molecule has 5 rings (SSSR count). The van der Waals surface area contributed by atoms with Gasteiger partial charge in [0, 0.05) is 23.8 Å². The van der Waals surface area contributed by atoms with E-state index in [0.717, 1.165) is 31.0 Å². The van der Waals surface area contributed by atoms with Crippen LogP contribution in [0.5, 0.6) is 0 Å². The van der Waals surface area contributed by atoms with Crippen LogP contribution in [0, 0.1) is 6.92 Å². The average molecular weight is 455 g/mol. The van der Waals surface area contributed by atoms with Crippen LogP contribution in [-0.4, -0.2) is 33.7 Å². The SMILES string of the molecule is CCc1ccccc1N1CCc2cnc3ccccc3c21.Cc1ccc(C(=O)O)cc1C(=O)O. The lowest BCUT2D eigenvalue weighted by Crippen LogP contribution is -2.15. The van der Waals surface area contributed by atoms with E-state index < -0.39 is 11.9 Å². The number of carboxylic acids is 2. The van der Waals surface area contributed by atoms with Gasteiger partial charge in [0.2, 0.25) is 0 Å². The third kappa shape index (κ3) is 4.48. The van der Waals surface area contributed by atoms with E-state index in [-0.39, 0.29) is 11.1 Å². The van der Waals surface area contributed by atoms with Crippen LogP contribution in [-0.2, 0) is 12.8 Å². The van der Waals surface area contributed by atoms with Crippen LogP contribution in [0.25, 0.3) is 10.9 Å². The Labute approximate surface area is 198 Å². The Kier molecular flexibility index (Phi) is 6.59. The third-order valence-electron chi connectivity index (χ3n) is 6.08. The first-order chi connectivity index (χ1) is 16.4. The number of aromatic carboxylic acids is 2. The highest BCUT2D eigenvalue weighted by Gasteiger charge is 2.24. The van der Waals surface area contributed by atoms with Crippen LogP contribution >= 0.6 is 0 Å². The van der Waals surface area contributed by atoms with Crippen molar-refractivity contribution in [3.05, 3.63) is 101 Å². The maximum atomic E-state index is 10.6. The Bertz CT molecular complexity index is 1380. The zero-order valence-corrected chi connectivity index (χ0v) is 19.2. The maximum absolute atomic E-state index is 10.6. The zero-order chi connectivity index (χ0) is 24.2. The van der Waals surface area contributed by atoms with Crippen molar-refractivity contribution in [2.75, 3.05) is 11.4 Å². The van der Waals surface area contributed by atoms with Crippen molar-refractivity contribution in [1.29, 1.82) is 0 Å². The van der Waals surface area contributed by atoms with Crippen LogP contribution in [0.15, 0.2) is 72.9 Å². The third-order valence-corrected chi connectivity index (χ3v) is 6.08. The van der Waals surface area contributed by atoms with E-state index in [4.69, 9.17) is 10.2 Å². The number of carbonyl (C=O) groups is 2. The molecule has 4 aromatic rings. The quantitative estimate of drug-likeness (QED) is 0.400. The van der Waals surface area contributed by atoms with Gasteiger partial charge < -0.3 is 15.1 Å². The fourth-order valence-electron chi connectivity index (χ4n) is 4.31. The van der Waals surface area contributed by atoms with E-state index in [9.17, 15) is 9.59 Å².